The zero-order valence-corrected chi connectivity index (χ0v) is 13.8. The van der Waals surface area contributed by atoms with Crippen molar-refractivity contribution >= 4 is 17.3 Å². The quantitative estimate of drug-likeness (QED) is 0.501. The molecule has 0 saturated heterocycles. The molecular weight excluding hydrogens is 306 g/mol. The van der Waals surface area contributed by atoms with Gasteiger partial charge in [-0.05, 0) is 37.1 Å². The molecular formula is C18H21N3O3. The van der Waals surface area contributed by atoms with Crippen LogP contribution in [0.25, 0.3) is 0 Å². The number of nitrogen functional groups attached to an aromatic ring is 1. The number of anilines is 1. The summed E-state index contributed by atoms with van der Waals surface area (Å²) < 4.78 is 0. The lowest BCUT2D eigenvalue weighted by molar-refractivity contribution is -0.384. The summed E-state index contributed by atoms with van der Waals surface area (Å²) in [7, 11) is 0. The molecule has 2 aromatic rings. The molecule has 0 aliphatic heterocycles. The van der Waals surface area contributed by atoms with Crippen LogP contribution in [0.4, 0.5) is 11.4 Å². The van der Waals surface area contributed by atoms with E-state index in [0.717, 1.165) is 11.1 Å². The summed E-state index contributed by atoms with van der Waals surface area (Å²) in [6.45, 7) is 4.32. The zero-order chi connectivity index (χ0) is 17.7. The highest BCUT2D eigenvalue weighted by Crippen LogP contribution is 2.16. The predicted octanol–water partition coefficient (Wildman–Crippen LogP) is 3.16. The molecule has 0 aromatic heterocycles. The Bertz CT molecular complexity index is 709. The summed E-state index contributed by atoms with van der Waals surface area (Å²) in [6.07, 6.45) is 0.297. The molecule has 2 aromatic carbocycles. The van der Waals surface area contributed by atoms with Crippen molar-refractivity contribution in [1.29, 1.82) is 0 Å². The maximum absolute atomic E-state index is 12.6. The van der Waals surface area contributed by atoms with E-state index in [4.69, 9.17) is 5.73 Å². The van der Waals surface area contributed by atoms with Gasteiger partial charge in [0.2, 0.25) is 5.91 Å². The number of nitro benzene ring substituents is 1. The van der Waals surface area contributed by atoms with Crippen molar-refractivity contribution in [2.45, 2.75) is 32.9 Å². The fourth-order valence-electron chi connectivity index (χ4n) is 2.39. The largest absolute Gasteiger partial charge is 0.399 e. The van der Waals surface area contributed by atoms with Gasteiger partial charge in [0.1, 0.15) is 0 Å². The number of nitrogens with zero attached hydrogens (tertiary/aromatic N) is 2. The van der Waals surface area contributed by atoms with E-state index < -0.39 is 4.92 Å². The number of rotatable bonds is 6. The van der Waals surface area contributed by atoms with E-state index in [2.05, 4.69) is 0 Å². The first-order valence-electron chi connectivity index (χ1n) is 7.74. The molecule has 0 bridgehead atoms. The van der Waals surface area contributed by atoms with E-state index >= 15 is 0 Å². The Hall–Kier alpha value is -2.89. The number of benzene rings is 2. The van der Waals surface area contributed by atoms with Crippen molar-refractivity contribution in [2.75, 3.05) is 5.73 Å². The fourth-order valence-corrected chi connectivity index (χ4v) is 2.39. The van der Waals surface area contributed by atoms with E-state index in [-0.39, 0.29) is 17.6 Å². The molecule has 0 aliphatic rings. The third-order valence-corrected chi connectivity index (χ3v) is 3.78. The highest BCUT2D eigenvalue weighted by atomic mass is 16.6. The van der Waals surface area contributed by atoms with Crippen LogP contribution < -0.4 is 5.73 Å². The number of hydrogen-bond acceptors (Lipinski definition) is 4. The van der Waals surface area contributed by atoms with Crippen LogP contribution in [0.5, 0.6) is 0 Å². The van der Waals surface area contributed by atoms with Crippen LogP contribution in [0, 0.1) is 10.1 Å². The first-order chi connectivity index (χ1) is 11.4. The number of nitro groups is 1. The summed E-state index contributed by atoms with van der Waals surface area (Å²) in [5, 5.41) is 10.7. The number of carbonyl (C=O) groups excluding carboxylic acids is 1. The fraction of sp³-hybridized carbons (Fsp3) is 0.278. The Morgan fingerprint density at radius 3 is 2.12 bits per heavy atom. The van der Waals surface area contributed by atoms with E-state index in [1.165, 1.54) is 12.1 Å². The average molecular weight is 327 g/mol. The van der Waals surface area contributed by atoms with Crippen molar-refractivity contribution in [1.82, 2.24) is 4.90 Å². The van der Waals surface area contributed by atoms with Crippen LogP contribution in [-0.2, 0) is 17.8 Å². The van der Waals surface area contributed by atoms with Gasteiger partial charge in [-0.25, -0.2) is 0 Å². The minimum absolute atomic E-state index is 0.00752. The molecule has 6 heteroatoms. The molecule has 2 N–H and O–H groups in total. The summed E-state index contributed by atoms with van der Waals surface area (Å²) in [6, 6.07) is 13.6. The molecule has 1 amide bonds. The molecule has 0 saturated carbocycles. The first-order valence-corrected chi connectivity index (χ1v) is 7.74. The molecule has 0 heterocycles. The Kier molecular flexibility index (Phi) is 5.52. The summed E-state index contributed by atoms with van der Waals surface area (Å²) in [5.74, 6) is 0.00752. The minimum Gasteiger partial charge on any atom is -0.399 e. The van der Waals surface area contributed by atoms with Crippen molar-refractivity contribution in [3.63, 3.8) is 0 Å². The van der Waals surface area contributed by atoms with Crippen molar-refractivity contribution in [2.24, 2.45) is 0 Å². The van der Waals surface area contributed by atoms with Crippen molar-refractivity contribution in [3.8, 4) is 0 Å². The molecule has 126 valence electrons. The molecule has 0 radical (unpaired) electrons. The summed E-state index contributed by atoms with van der Waals surface area (Å²) in [5.41, 5.74) is 8.13. The van der Waals surface area contributed by atoms with Crippen LogP contribution in [0.15, 0.2) is 48.5 Å². The molecule has 2 rings (SSSR count). The SMILES string of the molecule is CC(C)N(Cc1ccc([N+](=O)[O-])cc1)C(=O)Cc1ccc(N)cc1. The highest BCUT2D eigenvalue weighted by molar-refractivity contribution is 5.79. The van der Waals surface area contributed by atoms with Gasteiger partial charge in [-0.15, -0.1) is 0 Å². The smallest absolute Gasteiger partial charge is 0.269 e. The third kappa shape index (κ3) is 4.55. The van der Waals surface area contributed by atoms with Crippen LogP contribution >= 0.6 is 0 Å². The van der Waals surface area contributed by atoms with Crippen LogP contribution in [0.1, 0.15) is 25.0 Å². The van der Waals surface area contributed by atoms with Gasteiger partial charge >= 0.3 is 0 Å². The van der Waals surface area contributed by atoms with Crippen LogP contribution in [0.2, 0.25) is 0 Å². The van der Waals surface area contributed by atoms with Crippen molar-refractivity contribution in [3.05, 3.63) is 69.8 Å². The topological polar surface area (TPSA) is 89.5 Å². The Labute approximate surface area is 141 Å². The molecule has 6 nitrogen and oxygen atoms in total. The van der Waals surface area contributed by atoms with Crippen molar-refractivity contribution < 1.29 is 9.72 Å². The molecule has 0 unspecified atom stereocenters. The molecule has 24 heavy (non-hydrogen) atoms. The maximum Gasteiger partial charge on any atom is 0.269 e. The van der Waals surface area contributed by atoms with Gasteiger partial charge in [-0.2, -0.15) is 0 Å². The second-order valence-electron chi connectivity index (χ2n) is 5.96. The zero-order valence-electron chi connectivity index (χ0n) is 13.8. The van der Waals surface area contributed by atoms with Gasteiger partial charge in [0.15, 0.2) is 0 Å². The molecule has 0 spiro atoms. The van der Waals surface area contributed by atoms with Gasteiger partial charge in [0, 0.05) is 30.4 Å². The van der Waals surface area contributed by atoms with Gasteiger partial charge in [-0.3, -0.25) is 14.9 Å². The van der Waals surface area contributed by atoms with Gasteiger partial charge in [0.05, 0.1) is 11.3 Å². The van der Waals surface area contributed by atoms with Gasteiger partial charge < -0.3 is 10.6 Å². The molecule has 0 fully saturated rings. The Morgan fingerprint density at radius 1 is 1.08 bits per heavy atom. The lowest BCUT2D eigenvalue weighted by Gasteiger charge is -2.27. The summed E-state index contributed by atoms with van der Waals surface area (Å²) >= 11 is 0. The Morgan fingerprint density at radius 2 is 1.62 bits per heavy atom. The monoisotopic (exact) mass is 327 g/mol. The molecule has 0 aliphatic carbocycles. The molecule has 0 atom stereocenters. The number of carbonyl (C=O) groups is 1. The van der Waals surface area contributed by atoms with E-state index in [9.17, 15) is 14.9 Å². The van der Waals surface area contributed by atoms with E-state index in [1.54, 1.807) is 29.2 Å². The van der Waals surface area contributed by atoms with Crippen LogP contribution in [-0.4, -0.2) is 21.8 Å². The van der Waals surface area contributed by atoms with Gasteiger partial charge in [-0.1, -0.05) is 24.3 Å². The average Bonchev–Trinajstić information content (AvgIpc) is 2.54. The minimum atomic E-state index is -0.434. The second kappa shape index (κ2) is 7.59. The second-order valence-corrected chi connectivity index (χ2v) is 5.96. The van der Waals surface area contributed by atoms with E-state index in [0.29, 0.717) is 18.7 Å². The Balaban J connectivity index is 2.09. The lowest BCUT2D eigenvalue weighted by atomic mass is 10.1. The van der Waals surface area contributed by atoms with E-state index in [1.807, 2.05) is 26.0 Å². The lowest BCUT2D eigenvalue weighted by Crippen LogP contribution is -2.37. The standard InChI is InChI=1S/C18H21N3O3/c1-13(2)20(12-15-5-9-17(10-6-15)21(23)24)18(22)11-14-3-7-16(19)8-4-14/h3-10,13H,11-12,19H2,1-2H3. The normalized spacial score (nSPS) is 10.6. The first kappa shape index (κ1) is 17.5. The highest BCUT2D eigenvalue weighted by Gasteiger charge is 2.18. The van der Waals surface area contributed by atoms with Crippen LogP contribution in [0.3, 0.4) is 0 Å². The number of hydrogen-bond donors (Lipinski definition) is 1. The third-order valence-electron chi connectivity index (χ3n) is 3.78. The maximum atomic E-state index is 12.6. The number of nitrogens with two attached hydrogens (primary N) is 1. The van der Waals surface area contributed by atoms with Gasteiger partial charge in [0.25, 0.3) is 5.69 Å². The number of non-ortho nitro benzene ring substituents is 1. The summed E-state index contributed by atoms with van der Waals surface area (Å²) in [4.78, 5) is 24.6. The predicted molar refractivity (Wildman–Crippen MR) is 93.3 cm³/mol. The number of amides is 1.